The van der Waals surface area contributed by atoms with Crippen LogP contribution in [0.3, 0.4) is 0 Å². The third-order valence-corrected chi connectivity index (χ3v) is 3.90. The Bertz CT molecular complexity index is 580. The molecule has 2 heterocycles. The Morgan fingerprint density at radius 3 is 2.63 bits per heavy atom. The molecular weight excluding hydrogens is 256 g/mol. The van der Waals surface area contributed by atoms with E-state index in [1.54, 1.807) is 23.6 Å². The highest BCUT2D eigenvalue weighted by molar-refractivity contribution is 7.09. The van der Waals surface area contributed by atoms with E-state index in [1.807, 2.05) is 6.07 Å². The molecule has 19 heavy (non-hydrogen) atoms. The van der Waals surface area contributed by atoms with Gasteiger partial charge in [0.25, 0.3) is 0 Å². The van der Waals surface area contributed by atoms with Gasteiger partial charge in [-0.15, -0.1) is 11.3 Å². The van der Waals surface area contributed by atoms with E-state index < -0.39 is 0 Å². The Labute approximate surface area is 117 Å². The van der Waals surface area contributed by atoms with Crippen molar-refractivity contribution in [2.75, 3.05) is 5.32 Å². The van der Waals surface area contributed by atoms with Crippen molar-refractivity contribution in [2.45, 2.75) is 32.7 Å². The minimum absolute atomic E-state index is 0.101. The first-order valence-electron chi connectivity index (χ1n) is 6.18. The number of aromatic nitrogens is 2. The minimum Gasteiger partial charge on any atom is -0.362 e. The van der Waals surface area contributed by atoms with Crippen molar-refractivity contribution in [3.8, 4) is 6.07 Å². The fourth-order valence-corrected chi connectivity index (χ4v) is 2.53. The van der Waals surface area contributed by atoms with E-state index in [0.717, 1.165) is 16.5 Å². The molecule has 2 aromatic rings. The first-order valence-corrected chi connectivity index (χ1v) is 7.06. The molecule has 98 valence electrons. The number of anilines is 1. The second kappa shape index (κ2) is 5.81. The minimum atomic E-state index is 0.101. The van der Waals surface area contributed by atoms with Gasteiger partial charge in [0.15, 0.2) is 0 Å². The summed E-state index contributed by atoms with van der Waals surface area (Å²) in [5.74, 6) is 1.21. The summed E-state index contributed by atoms with van der Waals surface area (Å²) in [7, 11) is 0. The van der Waals surface area contributed by atoms with Crippen LogP contribution in [0.2, 0.25) is 0 Å². The molecule has 1 unspecified atom stereocenters. The molecule has 1 atom stereocenters. The van der Waals surface area contributed by atoms with Gasteiger partial charge in [0.2, 0.25) is 0 Å². The van der Waals surface area contributed by atoms with E-state index in [0.29, 0.717) is 11.5 Å². The van der Waals surface area contributed by atoms with Gasteiger partial charge in [0, 0.05) is 17.5 Å². The Balaban J connectivity index is 2.07. The average Bonchev–Trinajstić information content (AvgIpc) is 2.89. The third-order valence-electron chi connectivity index (χ3n) is 2.73. The molecule has 0 spiro atoms. The zero-order valence-electron chi connectivity index (χ0n) is 11.2. The van der Waals surface area contributed by atoms with Crippen molar-refractivity contribution in [1.29, 1.82) is 5.26 Å². The zero-order chi connectivity index (χ0) is 13.8. The van der Waals surface area contributed by atoms with E-state index in [-0.39, 0.29) is 6.04 Å². The smallest absolute Gasteiger partial charge is 0.126 e. The number of hydrogen-bond donors (Lipinski definition) is 1. The number of nitrogens with zero attached hydrogens (tertiary/aromatic N) is 3. The van der Waals surface area contributed by atoms with Crippen LogP contribution >= 0.6 is 11.3 Å². The van der Waals surface area contributed by atoms with E-state index in [4.69, 9.17) is 5.26 Å². The fourth-order valence-electron chi connectivity index (χ4n) is 1.61. The first kappa shape index (κ1) is 13.5. The highest BCUT2D eigenvalue weighted by Crippen LogP contribution is 2.24. The van der Waals surface area contributed by atoms with Crippen LogP contribution in [0, 0.1) is 11.3 Å². The highest BCUT2D eigenvalue weighted by atomic mass is 32.1. The molecule has 0 radical (unpaired) electrons. The summed E-state index contributed by atoms with van der Waals surface area (Å²) in [6.45, 7) is 6.34. The topological polar surface area (TPSA) is 61.6 Å². The predicted octanol–water partition coefficient (Wildman–Crippen LogP) is 3.71. The molecule has 2 aromatic heterocycles. The van der Waals surface area contributed by atoms with Crippen molar-refractivity contribution < 1.29 is 0 Å². The zero-order valence-corrected chi connectivity index (χ0v) is 12.0. The van der Waals surface area contributed by atoms with Gasteiger partial charge in [-0.25, -0.2) is 9.97 Å². The lowest BCUT2D eigenvalue weighted by Gasteiger charge is -2.12. The molecule has 0 aliphatic heterocycles. The lowest BCUT2D eigenvalue weighted by molar-refractivity contribution is 0.798. The van der Waals surface area contributed by atoms with Crippen LogP contribution in [-0.2, 0) is 0 Å². The van der Waals surface area contributed by atoms with Crippen LogP contribution in [0.5, 0.6) is 0 Å². The second-order valence-corrected chi connectivity index (χ2v) is 5.56. The third kappa shape index (κ3) is 3.30. The van der Waals surface area contributed by atoms with E-state index in [2.05, 4.69) is 47.5 Å². The number of hydrogen-bond acceptors (Lipinski definition) is 5. The monoisotopic (exact) mass is 272 g/mol. The van der Waals surface area contributed by atoms with Gasteiger partial charge in [0.1, 0.15) is 11.9 Å². The molecule has 0 aliphatic rings. The van der Waals surface area contributed by atoms with Crippen LogP contribution in [-0.4, -0.2) is 9.97 Å². The van der Waals surface area contributed by atoms with Crippen LogP contribution in [0.4, 0.5) is 5.82 Å². The van der Waals surface area contributed by atoms with Gasteiger partial charge >= 0.3 is 0 Å². The SMILES string of the molecule is CC(C)c1nc(C(C)Nc2ccc(C#N)cn2)cs1. The second-order valence-electron chi connectivity index (χ2n) is 4.68. The molecule has 0 bridgehead atoms. The number of nitriles is 1. The van der Waals surface area contributed by atoms with Crippen molar-refractivity contribution in [1.82, 2.24) is 9.97 Å². The molecule has 5 heteroatoms. The van der Waals surface area contributed by atoms with E-state index in [9.17, 15) is 0 Å². The van der Waals surface area contributed by atoms with E-state index in [1.165, 1.54) is 0 Å². The highest BCUT2D eigenvalue weighted by Gasteiger charge is 2.12. The standard InChI is InChI=1S/C14H16N4S/c1-9(2)14-18-12(8-19-14)10(3)17-13-5-4-11(6-15)7-16-13/h4-5,7-10H,1-3H3,(H,16,17). The lowest BCUT2D eigenvalue weighted by Crippen LogP contribution is -2.08. The van der Waals surface area contributed by atoms with E-state index >= 15 is 0 Å². The number of nitrogens with one attached hydrogen (secondary N) is 1. The largest absolute Gasteiger partial charge is 0.362 e. The summed E-state index contributed by atoms with van der Waals surface area (Å²) >= 11 is 1.69. The maximum atomic E-state index is 8.72. The quantitative estimate of drug-likeness (QED) is 0.921. The normalized spacial score (nSPS) is 12.2. The molecule has 0 fully saturated rings. The summed E-state index contributed by atoms with van der Waals surface area (Å²) in [4.78, 5) is 8.81. The van der Waals surface area contributed by atoms with Gasteiger partial charge in [-0.3, -0.25) is 0 Å². The molecule has 0 saturated heterocycles. The van der Waals surface area contributed by atoms with Gasteiger partial charge < -0.3 is 5.32 Å². The van der Waals surface area contributed by atoms with Crippen molar-refractivity contribution in [3.63, 3.8) is 0 Å². The summed E-state index contributed by atoms with van der Waals surface area (Å²) in [5, 5.41) is 15.2. The molecule has 4 nitrogen and oxygen atoms in total. The van der Waals surface area contributed by atoms with Crippen LogP contribution in [0.25, 0.3) is 0 Å². The van der Waals surface area contributed by atoms with Crippen LogP contribution < -0.4 is 5.32 Å². The number of pyridine rings is 1. The summed E-state index contributed by atoms with van der Waals surface area (Å²) in [5.41, 5.74) is 1.59. The molecule has 0 aromatic carbocycles. The summed E-state index contributed by atoms with van der Waals surface area (Å²) in [6.07, 6.45) is 1.57. The maximum absolute atomic E-state index is 8.72. The summed E-state index contributed by atoms with van der Waals surface area (Å²) in [6, 6.07) is 5.72. The molecule has 1 N–H and O–H groups in total. The first-order chi connectivity index (χ1) is 9.10. The Morgan fingerprint density at radius 1 is 1.32 bits per heavy atom. The van der Waals surface area contributed by atoms with Gasteiger partial charge in [-0.05, 0) is 19.1 Å². The Hall–Kier alpha value is -1.93. The summed E-state index contributed by atoms with van der Waals surface area (Å²) < 4.78 is 0. The van der Waals surface area contributed by atoms with Crippen LogP contribution in [0.1, 0.15) is 49.0 Å². The molecule has 2 rings (SSSR count). The number of rotatable bonds is 4. The van der Waals surface area contributed by atoms with Crippen LogP contribution in [0.15, 0.2) is 23.7 Å². The number of thiazole rings is 1. The Kier molecular flexibility index (Phi) is 4.13. The molecule has 0 saturated carbocycles. The van der Waals surface area contributed by atoms with Crippen molar-refractivity contribution >= 4 is 17.2 Å². The van der Waals surface area contributed by atoms with Crippen molar-refractivity contribution in [2.24, 2.45) is 0 Å². The van der Waals surface area contributed by atoms with Gasteiger partial charge in [-0.2, -0.15) is 5.26 Å². The predicted molar refractivity (Wildman–Crippen MR) is 77.2 cm³/mol. The van der Waals surface area contributed by atoms with Crippen molar-refractivity contribution in [3.05, 3.63) is 40.0 Å². The molecular formula is C14H16N4S. The van der Waals surface area contributed by atoms with Gasteiger partial charge in [0.05, 0.1) is 22.3 Å². The molecule has 0 amide bonds. The van der Waals surface area contributed by atoms with Gasteiger partial charge in [-0.1, -0.05) is 13.8 Å². The fraction of sp³-hybridized carbons (Fsp3) is 0.357. The molecule has 0 aliphatic carbocycles. The maximum Gasteiger partial charge on any atom is 0.126 e. The average molecular weight is 272 g/mol. The lowest BCUT2D eigenvalue weighted by atomic mass is 10.2. The Morgan fingerprint density at radius 2 is 2.11 bits per heavy atom.